The van der Waals surface area contributed by atoms with Crippen LogP contribution in [0.5, 0.6) is 0 Å². The van der Waals surface area contributed by atoms with E-state index >= 15 is 0 Å². The van der Waals surface area contributed by atoms with Gasteiger partial charge in [-0.15, -0.1) is 0 Å². The number of rotatable bonds is 6. The third kappa shape index (κ3) is 4.90. The van der Waals surface area contributed by atoms with Crippen LogP contribution >= 0.6 is 0 Å². The normalized spacial score (nSPS) is 9.86. The van der Waals surface area contributed by atoms with E-state index in [0.717, 1.165) is 5.69 Å². The molecule has 114 valence electrons. The van der Waals surface area contributed by atoms with Crippen molar-refractivity contribution in [2.24, 2.45) is 0 Å². The van der Waals surface area contributed by atoms with Crippen molar-refractivity contribution in [3.8, 4) is 0 Å². The third-order valence-electron chi connectivity index (χ3n) is 2.76. The lowest BCUT2D eigenvalue weighted by molar-refractivity contribution is -0.140. The van der Waals surface area contributed by atoms with E-state index in [1.165, 1.54) is 13.1 Å². The number of hydrogen-bond acceptors (Lipinski definition) is 5. The van der Waals surface area contributed by atoms with Gasteiger partial charge in [0.2, 0.25) is 0 Å². The van der Waals surface area contributed by atoms with E-state index in [2.05, 4.69) is 15.6 Å². The minimum absolute atomic E-state index is 0.155. The van der Waals surface area contributed by atoms with E-state index in [1.54, 1.807) is 12.1 Å². The minimum atomic E-state index is -0.368. The molecule has 2 N–H and O–H groups in total. The van der Waals surface area contributed by atoms with Crippen molar-refractivity contribution in [1.82, 2.24) is 10.3 Å². The molecule has 0 saturated carbocycles. The van der Waals surface area contributed by atoms with Crippen LogP contribution in [-0.4, -0.2) is 30.0 Å². The van der Waals surface area contributed by atoms with Gasteiger partial charge in [-0.2, -0.15) is 0 Å². The highest BCUT2D eigenvalue weighted by Gasteiger charge is 2.06. The van der Waals surface area contributed by atoms with Gasteiger partial charge in [-0.25, -0.2) is 4.98 Å². The summed E-state index contributed by atoms with van der Waals surface area (Å²) in [7, 11) is 0. The molecule has 2 aromatic rings. The Bertz CT molecular complexity index is 627. The lowest BCUT2D eigenvalue weighted by Crippen LogP contribution is -2.27. The van der Waals surface area contributed by atoms with E-state index in [-0.39, 0.29) is 25.0 Å². The first-order valence-electron chi connectivity index (χ1n) is 6.85. The summed E-state index contributed by atoms with van der Waals surface area (Å²) in [4.78, 5) is 26.6. The molecule has 0 unspecified atom stereocenters. The van der Waals surface area contributed by atoms with Crippen LogP contribution in [0.3, 0.4) is 0 Å². The predicted octanol–water partition coefficient (Wildman–Crippen LogP) is 2.12. The fraction of sp³-hybridized carbons (Fsp3) is 0.188. The molecular formula is C16H17N3O3. The molecule has 1 amide bonds. The summed E-state index contributed by atoms with van der Waals surface area (Å²) in [6.07, 6.45) is 1.49. The first kappa shape index (κ1) is 15.5. The van der Waals surface area contributed by atoms with Crippen molar-refractivity contribution in [3.05, 3.63) is 54.2 Å². The highest BCUT2D eigenvalue weighted by molar-refractivity contribution is 5.94. The van der Waals surface area contributed by atoms with Gasteiger partial charge < -0.3 is 15.4 Å². The molecule has 0 aliphatic carbocycles. The second-order valence-corrected chi connectivity index (χ2v) is 4.52. The second-order valence-electron chi connectivity index (χ2n) is 4.52. The van der Waals surface area contributed by atoms with Gasteiger partial charge in [0, 0.05) is 18.8 Å². The molecule has 6 heteroatoms. The average Bonchev–Trinajstić information content (AvgIpc) is 2.53. The van der Waals surface area contributed by atoms with E-state index in [9.17, 15) is 9.59 Å². The number of para-hydroxylation sites is 1. The molecule has 6 nitrogen and oxygen atoms in total. The number of ether oxygens (including phenoxy) is 1. The molecule has 1 aromatic carbocycles. The van der Waals surface area contributed by atoms with Crippen LogP contribution in [0.15, 0.2) is 48.7 Å². The topological polar surface area (TPSA) is 80.3 Å². The van der Waals surface area contributed by atoms with Crippen molar-refractivity contribution >= 4 is 23.4 Å². The van der Waals surface area contributed by atoms with Gasteiger partial charge in [0.15, 0.2) is 0 Å². The van der Waals surface area contributed by atoms with Crippen LogP contribution < -0.4 is 10.6 Å². The zero-order valence-electron chi connectivity index (χ0n) is 12.2. The summed E-state index contributed by atoms with van der Waals surface area (Å²) in [5, 5.41) is 5.78. The number of hydrogen-bond donors (Lipinski definition) is 2. The number of carbonyl (C=O) groups is 2. The lowest BCUT2D eigenvalue weighted by atomic mass is 10.2. The van der Waals surface area contributed by atoms with Crippen LogP contribution in [0.4, 0.5) is 11.5 Å². The van der Waals surface area contributed by atoms with Crippen LogP contribution in [0.2, 0.25) is 0 Å². The zero-order chi connectivity index (χ0) is 15.8. The Morgan fingerprint density at radius 1 is 1.14 bits per heavy atom. The largest absolute Gasteiger partial charge is 0.464 e. The van der Waals surface area contributed by atoms with Gasteiger partial charge in [-0.05, 0) is 24.3 Å². The lowest BCUT2D eigenvalue weighted by Gasteiger charge is -2.07. The molecule has 0 radical (unpaired) electrons. The first-order chi connectivity index (χ1) is 10.6. The molecule has 1 aromatic heterocycles. The number of pyridine rings is 1. The minimum Gasteiger partial charge on any atom is -0.464 e. The molecule has 22 heavy (non-hydrogen) atoms. The maximum atomic E-state index is 11.8. The van der Waals surface area contributed by atoms with Crippen LogP contribution in [0.1, 0.15) is 17.3 Å². The number of amides is 1. The number of benzene rings is 1. The summed E-state index contributed by atoms with van der Waals surface area (Å²) in [6.45, 7) is 1.74. The zero-order valence-corrected chi connectivity index (χ0v) is 12.2. The van der Waals surface area contributed by atoms with Crippen LogP contribution in [-0.2, 0) is 9.53 Å². The summed E-state index contributed by atoms with van der Waals surface area (Å²) in [6, 6.07) is 13.0. The van der Waals surface area contributed by atoms with E-state index in [4.69, 9.17) is 4.74 Å². The van der Waals surface area contributed by atoms with Gasteiger partial charge >= 0.3 is 5.97 Å². The number of carbonyl (C=O) groups excluding carboxylic acids is 2. The Kier molecular flexibility index (Phi) is 5.48. The first-order valence-corrected chi connectivity index (χ1v) is 6.85. The van der Waals surface area contributed by atoms with E-state index in [0.29, 0.717) is 11.4 Å². The maximum absolute atomic E-state index is 11.8. The number of anilines is 2. The Labute approximate surface area is 128 Å². The fourth-order valence-corrected chi connectivity index (χ4v) is 1.73. The molecular weight excluding hydrogens is 282 g/mol. The standard InChI is InChI=1S/C16H17N3O3/c1-12(20)22-10-9-17-16(21)13-7-8-15(18-11-13)19-14-5-3-2-4-6-14/h2-8,11H,9-10H2,1H3,(H,17,21)(H,18,19). The molecule has 1 heterocycles. The van der Waals surface area contributed by atoms with Gasteiger partial charge in [-0.1, -0.05) is 18.2 Å². The van der Waals surface area contributed by atoms with Crippen molar-refractivity contribution in [3.63, 3.8) is 0 Å². The smallest absolute Gasteiger partial charge is 0.302 e. The maximum Gasteiger partial charge on any atom is 0.302 e. The van der Waals surface area contributed by atoms with E-state index in [1.807, 2.05) is 30.3 Å². The fourth-order valence-electron chi connectivity index (χ4n) is 1.73. The van der Waals surface area contributed by atoms with Gasteiger partial charge in [0.05, 0.1) is 12.1 Å². The van der Waals surface area contributed by atoms with Crippen LogP contribution in [0, 0.1) is 0 Å². The highest BCUT2D eigenvalue weighted by atomic mass is 16.5. The molecule has 0 aliphatic rings. The SMILES string of the molecule is CC(=O)OCCNC(=O)c1ccc(Nc2ccccc2)nc1. The van der Waals surface area contributed by atoms with Crippen molar-refractivity contribution in [1.29, 1.82) is 0 Å². The summed E-state index contributed by atoms with van der Waals surface area (Å²) >= 11 is 0. The Morgan fingerprint density at radius 2 is 1.91 bits per heavy atom. The summed E-state index contributed by atoms with van der Waals surface area (Å²) in [5.41, 5.74) is 1.37. The number of esters is 1. The van der Waals surface area contributed by atoms with Gasteiger partial charge in [-0.3, -0.25) is 9.59 Å². The molecule has 0 fully saturated rings. The third-order valence-corrected chi connectivity index (χ3v) is 2.76. The van der Waals surface area contributed by atoms with Crippen molar-refractivity contribution in [2.45, 2.75) is 6.92 Å². The number of nitrogens with zero attached hydrogens (tertiary/aromatic N) is 1. The van der Waals surface area contributed by atoms with Crippen molar-refractivity contribution in [2.75, 3.05) is 18.5 Å². The molecule has 2 rings (SSSR count). The van der Waals surface area contributed by atoms with Crippen molar-refractivity contribution < 1.29 is 14.3 Å². The quantitative estimate of drug-likeness (QED) is 0.631. The summed E-state index contributed by atoms with van der Waals surface area (Å²) in [5.74, 6) is 0.0285. The number of aromatic nitrogens is 1. The Morgan fingerprint density at radius 3 is 2.55 bits per heavy atom. The predicted molar refractivity (Wildman–Crippen MR) is 82.9 cm³/mol. The Balaban J connectivity index is 1.85. The molecule has 0 bridgehead atoms. The molecule has 0 saturated heterocycles. The molecule has 0 atom stereocenters. The van der Waals surface area contributed by atoms with Gasteiger partial charge in [0.1, 0.15) is 12.4 Å². The Hall–Kier alpha value is -2.89. The highest BCUT2D eigenvalue weighted by Crippen LogP contribution is 2.13. The second kappa shape index (κ2) is 7.78. The molecule has 0 aliphatic heterocycles. The van der Waals surface area contributed by atoms with Gasteiger partial charge in [0.25, 0.3) is 5.91 Å². The monoisotopic (exact) mass is 299 g/mol. The van der Waals surface area contributed by atoms with E-state index < -0.39 is 0 Å². The number of nitrogens with one attached hydrogen (secondary N) is 2. The summed E-state index contributed by atoms with van der Waals surface area (Å²) < 4.78 is 4.73. The van der Waals surface area contributed by atoms with Crippen LogP contribution in [0.25, 0.3) is 0 Å². The molecule has 0 spiro atoms. The average molecular weight is 299 g/mol.